The van der Waals surface area contributed by atoms with E-state index in [2.05, 4.69) is 30.9 Å². The maximum Gasteiger partial charge on any atom is 0.242 e. The molecule has 2 heterocycles. The first-order valence-electron chi connectivity index (χ1n) is 7.24. The molecule has 1 fully saturated rings. The van der Waals surface area contributed by atoms with Crippen molar-refractivity contribution in [2.24, 2.45) is 0 Å². The summed E-state index contributed by atoms with van der Waals surface area (Å²) in [4.78, 5) is 3.66. The standard InChI is InChI=1S/C13H22BrN3O2S2/c1-2-15-10-11-9-12(13(14)20-11)21(18,19)16-5-8-17-6-3-4-7-17/h9,15-16H,2-8,10H2,1H3. The predicted octanol–water partition coefficient (Wildman–Crippen LogP) is 1.99. The molecule has 0 bridgehead atoms. The summed E-state index contributed by atoms with van der Waals surface area (Å²) in [5.74, 6) is 0. The molecule has 1 aromatic rings. The molecule has 1 aromatic heterocycles. The Morgan fingerprint density at radius 1 is 1.38 bits per heavy atom. The van der Waals surface area contributed by atoms with Gasteiger partial charge >= 0.3 is 0 Å². The van der Waals surface area contributed by atoms with Crippen molar-refractivity contribution in [3.63, 3.8) is 0 Å². The Balaban J connectivity index is 1.93. The van der Waals surface area contributed by atoms with Crippen LogP contribution in [0.5, 0.6) is 0 Å². The van der Waals surface area contributed by atoms with E-state index >= 15 is 0 Å². The smallest absolute Gasteiger partial charge is 0.242 e. The average Bonchev–Trinajstić information content (AvgIpc) is 3.06. The van der Waals surface area contributed by atoms with Crippen molar-refractivity contribution in [3.05, 3.63) is 14.7 Å². The van der Waals surface area contributed by atoms with Crippen LogP contribution in [0.3, 0.4) is 0 Å². The van der Waals surface area contributed by atoms with Gasteiger partial charge in [0.1, 0.15) is 4.90 Å². The molecule has 0 radical (unpaired) electrons. The van der Waals surface area contributed by atoms with Crippen LogP contribution in [0.2, 0.25) is 0 Å². The lowest BCUT2D eigenvalue weighted by Gasteiger charge is -2.14. The molecule has 1 aliphatic rings. The van der Waals surface area contributed by atoms with Crippen LogP contribution in [0, 0.1) is 0 Å². The van der Waals surface area contributed by atoms with E-state index in [-0.39, 0.29) is 0 Å². The quantitative estimate of drug-likeness (QED) is 0.706. The van der Waals surface area contributed by atoms with Gasteiger partial charge in [-0.1, -0.05) is 6.92 Å². The second-order valence-corrected chi connectivity index (χ2v) is 9.27. The second kappa shape index (κ2) is 8.03. The Morgan fingerprint density at radius 3 is 2.76 bits per heavy atom. The topological polar surface area (TPSA) is 61.4 Å². The molecule has 1 saturated heterocycles. The van der Waals surface area contributed by atoms with Crippen molar-refractivity contribution < 1.29 is 8.42 Å². The highest BCUT2D eigenvalue weighted by Crippen LogP contribution is 2.31. The lowest BCUT2D eigenvalue weighted by Crippen LogP contribution is -2.33. The third-order valence-electron chi connectivity index (χ3n) is 3.46. The number of rotatable bonds is 8. The van der Waals surface area contributed by atoms with Crippen molar-refractivity contribution in [2.45, 2.75) is 31.2 Å². The number of sulfonamides is 1. The Bertz CT molecular complexity index is 554. The van der Waals surface area contributed by atoms with E-state index in [9.17, 15) is 8.42 Å². The molecule has 1 aliphatic heterocycles. The molecule has 0 atom stereocenters. The molecule has 0 aromatic carbocycles. The predicted molar refractivity (Wildman–Crippen MR) is 90.3 cm³/mol. The van der Waals surface area contributed by atoms with E-state index in [1.54, 1.807) is 6.07 Å². The second-order valence-electron chi connectivity index (χ2n) is 5.08. The van der Waals surface area contributed by atoms with Crippen LogP contribution in [-0.2, 0) is 16.6 Å². The fourth-order valence-corrected chi connectivity index (χ4v) is 6.01. The fraction of sp³-hybridized carbons (Fsp3) is 0.692. The van der Waals surface area contributed by atoms with Gasteiger partial charge in [-0.3, -0.25) is 0 Å². The van der Waals surface area contributed by atoms with Crippen molar-refractivity contribution in [1.29, 1.82) is 0 Å². The minimum absolute atomic E-state index is 0.349. The van der Waals surface area contributed by atoms with Crippen LogP contribution in [0.25, 0.3) is 0 Å². The third-order valence-corrected chi connectivity index (χ3v) is 7.18. The number of halogens is 1. The Kier molecular flexibility index (Phi) is 6.64. The number of hydrogen-bond acceptors (Lipinski definition) is 5. The zero-order valence-corrected chi connectivity index (χ0v) is 15.4. The van der Waals surface area contributed by atoms with Gasteiger partial charge in [0, 0.05) is 24.5 Å². The highest BCUT2D eigenvalue weighted by molar-refractivity contribution is 9.11. The molecule has 8 heteroatoms. The summed E-state index contributed by atoms with van der Waals surface area (Å²) in [5, 5.41) is 3.20. The van der Waals surface area contributed by atoms with Gasteiger partial charge in [-0.2, -0.15) is 0 Å². The monoisotopic (exact) mass is 395 g/mol. The minimum Gasteiger partial charge on any atom is -0.312 e. The van der Waals surface area contributed by atoms with Gasteiger partial charge in [-0.15, -0.1) is 11.3 Å². The van der Waals surface area contributed by atoms with Crippen molar-refractivity contribution in [3.8, 4) is 0 Å². The first-order chi connectivity index (χ1) is 10.0. The van der Waals surface area contributed by atoms with Gasteiger partial charge in [0.05, 0.1) is 3.79 Å². The number of nitrogens with one attached hydrogen (secondary N) is 2. The molecule has 0 amide bonds. The lowest BCUT2D eigenvalue weighted by atomic mass is 10.4. The summed E-state index contributed by atoms with van der Waals surface area (Å²) < 4.78 is 28.1. The zero-order valence-electron chi connectivity index (χ0n) is 12.2. The van der Waals surface area contributed by atoms with E-state index in [1.165, 1.54) is 24.2 Å². The highest BCUT2D eigenvalue weighted by Gasteiger charge is 2.21. The van der Waals surface area contributed by atoms with Crippen LogP contribution >= 0.6 is 27.3 Å². The maximum atomic E-state index is 12.3. The van der Waals surface area contributed by atoms with Gasteiger partial charge in [0.25, 0.3) is 0 Å². The molecule has 2 N–H and O–H groups in total. The van der Waals surface area contributed by atoms with E-state index in [0.29, 0.717) is 21.8 Å². The molecule has 0 spiro atoms. The number of thiophene rings is 1. The highest BCUT2D eigenvalue weighted by atomic mass is 79.9. The Morgan fingerprint density at radius 2 is 2.10 bits per heavy atom. The zero-order chi connectivity index (χ0) is 15.3. The van der Waals surface area contributed by atoms with Crippen LogP contribution in [0.1, 0.15) is 24.6 Å². The van der Waals surface area contributed by atoms with Crippen molar-refractivity contribution in [2.75, 3.05) is 32.7 Å². The van der Waals surface area contributed by atoms with Crippen molar-refractivity contribution >= 4 is 37.3 Å². The number of hydrogen-bond donors (Lipinski definition) is 2. The maximum absolute atomic E-state index is 12.3. The summed E-state index contributed by atoms with van der Waals surface area (Å²) in [6.45, 7) is 7.00. The molecule has 0 aliphatic carbocycles. The van der Waals surface area contributed by atoms with E-state index in [0.717, 1.165) is 31.1 Å². The van der Waals surface area contributed by atoms with Gasteiger partial charge < -0.3 is 10.2 Å². The number of likely N-dealkylation sites (tertiary alicyclic amines) is 1. The molecule has 5 nitrogen and oxygen atoms in total. The Labute approximate surface area is 139 Å². The molecular weight excluding hydrogens is 374 g/mol. The van der Waals surface area contributed by atoms with Gasteiger partial charge in [0.15, 0.2) is 0 Å². The fourth-order valence-electron chi connectivity index (χ4n) is 2.34. The molecule has 21 heavy (non-hydrogen) atoms. The van der Waals surface area contributed by atoms with E-state index < -0.39 is 10.0 Å². The average molecular weight is 396 g/mol. The molecule has 0 unspecified atom stereocenters. The largest absolute Gasteiger partial charge is 0.312 e. The lowest BCUT2D eigenvalue weighted by molar-refractivity contribution is 0.344. The normalized spacial score (nSPS) is 16.7. The molecule has 0 saturated carbocycles. The Hall–Kier alpha value is 0.01000. The molecular formula is C13H22BrN3O2S2. The summed E-state index contributed by atoms with van der Waals surface area (Å²) in [5.41, 5.74) is 0. The van der Waals surface area contributed by atoms with Crippen LogP contribution in [-0.4, -0.2) is 46.0 Å². The number of nitrogens with zero attached hydrogens (tertiary/aromatic N) is 1. The SMILES string of the molecule is CCNCc1cc(S(=O)(=O)NCCN2CCCC2)c(Br)s1. The summed E-state index contributed by atoms with van der Waals surface area (Å²) in [6.07, 6.45) is 2.44. The first kappa shape index (κ1) is 17.4. The van der Waals surface area contributed by atoms with Gasteiger partial charge in [0.2, 0.25) is 10.0 Å². The molecule has 120 valence electrons. The van der Waals surface area contributed by atoms with Crippen LogP contribution in [0.15, 0.2) is 14.7 Å². The van der Waals surface area contributed by atoms with E-state index in [1.807, 2.05) is 6.92 Å². The summed E-state index contributed by atoms with van der Waals surface area (Å²) in [6, 6.07) is 1.75. The minimum atomic E-state index is -3.43. The third kappa shape index (κ3) is 5.01. The van der Waals surface area contributed by atoms with E-state index in [4.69, 9.17) is 0 Å². The van der Waals surface area contributed by atoms with Gasteiger partial charge in [-0.25, -0.2) is 13.1 Å². The summed E-state index contributed by atoms with van der Waals surface area (Å²) in [7, 11) is -3.43. The van der Waals surface area contributed by atoms with Crippen molar-refractivity contribution in [1.82, 2.24) is 14.9 Å². The van der Waals surface area contributed by atoms with Crippen LogP contribution in [0.4, 0.5) is 0 Å². The first-order valence-corrected chi connectivity index (χ1v) is 10.3. The molecule has 2 rings (SSSR count). The van der Waals surface area contributed by atoms with Gasteiger partial charge in [-0.05, 0) is 54.5 Å². The van der Waals surface area contributed by atoms with Crippen LogP contribution < -0.4 is 10.0 Å². The summed E-state index contributed by atoms with van der Waals surface area (Å²) >= 11 is 4.83.